The Morgan fingerprint density at radius 3 is 1.51 bits per heavy atom. The standard InChI is InChI=1S/C65H44N2S2/c1-65(2)58-31-26-42-15-8-9-19-52(42)64(58)55-30-25-44(37-59(55)65)45-35-50(66(46-17-4-3-5-18-46)47-27-24-41-14-6-7-16-43(41)34-47)38-51(36-45)67(48-28-32-62-56(39-48)53-20-10-12-22-60(53)68-62)49-29-33-63-57(40-49)54-21-11-13-23-61(54)69-63/h3-40H,1-2H3. The number of hydrogen-bond donors (Lipinski definition) is 0. The second kappa shape index (κ2) is 15.5. The minimum absolute atomic E-state index is 0.185. The number of nitrogens with zero attached hydrogens (tertiary/aromatic N) is 2. The number of anilines is 6. The topological polar surface area (TPSA) is 6.48 Å². The zero-order chi connectivity index (χ0) is 45.8. The largest absolute Gasteiger partial charge is 0.310 e. The number of para-hydroxylation sites is 1. The molecule has 0 saturated heterocycles. The van der Waals surface area contributed by atoms with E-state index in [9.17, 15) is 0 Å². The van der Waals surface area contributed by atoms with Crippen molar-refractivity contribution in [1.82, 2.24) is 0 Å². The number of benzene rings is 11. The molecule has 2 aromatic heterocycles. The minimum atomic E-state index is -0.185. The van der Waals surface area contributed by atoms with Crippen LogP contribution in [0.5, 0.6) is 0 Å². The van der Waals surface area contributed by atoms with Crippen LogP contribution >= 0.6 is 22.7 Å². The maximum atomic E-state index is 2.49. The van der Waals surface area contributed by atoms with Gasteiger partial charge in [-0.1, -0.05) is 147 Å². The van der Waals surface area contributed by atoms with Crippen LogP contribution in [0.4, 0.5) is 34.1 Å². The molecule has 0 atom stereocenters. The van der Waals surface area contributed by atoms with E-state index in [1.807, 2.05) is 22.7 Å². The second-order valence-electron chi connectivity index (χ2n) is 18.9. The zero-order valence-electron chi connectivity index (χ0n) is 38.2. The van der Waals surface area contributed by atoms with Gasteiger partial charge < -0.3 is 9.80 Å². The van der Waals surface area contributed by atoms with Crippen molar-refractivity contribution in [3.8, 4) is 22.3 Å². The molecule has 1 aliphatic carbocycles. The van der Waals surface area contributed by atoms with Crippen LogP contribution in [-0.4, -0.2) is 0 Å². The molecule has 0 amide bonds. The van der Waals surface area contributed by atoms with Crippen molar-refractivity contribution in [3.05, 3.63) is 242 Å². The van der Waals surface area contributed by atoms with Crippen LogP contribution in [-0.2, 0) is 5.41 Å². The lowest BCUT2D eigenvalue weighted by Gasteiger charge is -2.31. The molecular weight excluding hydrogens is 873 g/mol. The van der Waals surface area contributed by atoms with E-state index in [-0.39, 0.29) is 5.41 Å². The lowest BCUT2D eigenvalue weighted by atomic mass is 9.81. The van der Waals surface area contributed by atoms with Crippen LogP contribution in [0.1, 0.15) is 25.0 Å². The maximum absolute atomic E-state index is 2.49. The Kier molecular flexibility index (Phi) is 9.01. The van der Waals surface area contributed by atoms with Gasteiger partial charge in [-0.2, -0.15) is 0 Å². The van der Waals surface area contributed by atoms with Gasteiger partial charge in [0, 0.05) is 79.9 Å². The predicted molar refractivity (Wildman–Crippen MR) is 300 cm³/mol. The quantitative estimate of drug-likeness (QED) is 0.157. The Hall–Kier alpha value is -8.02. The third kappa shape index (κ3) is 6.44. The van der Waals surface area contributed by atoms with Gasteiger partial charge in [-0.15, -0.1) is 22.7 Å². The smallest absolute Gasteiger partial charge is 0.0488 e. The fraction of sp³-hybridized carbons (Fsp3) is 0.0462. The molecule has 0 radical (unpaired) electrons. The van der Waals surface area contributed by atoms with Crippen molar-refractivity contribution < 1.29 is 0 Å². The van der Waals surface area contributed by atoms with Gasteiger partial charge in [0.15, 0.2) is 0 Å². The third-order valence-corrected chi connectivity index (χ3v) is 16.9. The maximum Gasteiger partial charge on any atom is 0.0488 e. The van der Waals surface area contributed by atoms with E-state index in [2.05, 4.69) is 254 Å². The van der Waals surface area contributed by atoms with Gasteiger partial charge in [0.1, 0.15) is 0 Å². The van der Waals surface area contributed by atoms with Gasteiger partial charge in [-0.3, -0.25) is 0 Å². The molecule has 11 aromatic carbocycles. The first-order valence-electron chi connectivity index (χ1n) is 23.7. The Morgan fingerprint density at radius 2 is 0.826 bits per heavy atom. The highest BCUT2D eigenvalue weighted by Crippen LogP contribution is 2.53. The fourth-order valence-corrected chi connectivity index (χ4v) is 13.4. The predicted octanol–water partition coefficient (Wildman–Crippen LogP) is 19.6. The van der Waals surface area contributed by atoms with E-state index in [0.717, 1.165) is 39.7 Å². The van der Waals surface area contributed by atoms with Crippen molar-refractivity contribution in [3.63, 3.8) is 0 Å². The van der Waals surface area contributed by atoms with E-state index in [1.165, 1.54) is 89.7 Å². The summed E-state index contributed by atoms with van der Waals surface area (Å²) in [6.07, 6.45) is 0. The summed E-state index contributed by atoms with van der Waals surface area (Å²) in [6, 6.07) is 86.0. The summed E-state index contributed by atoms with van der Waals surface area (Å²) < 4.78 is 5.18. The molecule has 0 N–H and O–H groups in total. The number of hydrogen-bond acceptors (Lipinski definition) is 4. The van der Waals surface area contributed by atoms with E-state index in [4.69, 9.17) is 0 Å². The minimum Gasteiger partial charge on any atom is -0.310 e. The molecule has 0 aliphatic heterocycles. The summed E-state index contributed by atoms with van der Waals surface area (Å²) in [5.41, 5.74) is 14.2. The molecule has 0 unspecified atom stereocenters. The molecule has 0 saturated carbocycles. The number of thiophene rings is 2. The average Bonchev–Trinajstić information content (AvgIpc) is 4.03. The van der Waals surface area contributed by atoms with Crippen LogP contribution in [0.3, 0.4) is 0 Å². The molecule has 14 rings (SSSR count). The van der Waals surface area contributed by atoms with E-state index in [1.54, 1.807) is 0 Å². The molecule has 2 heterocycles. The zero-order valence-corrected chi connectivity index (χ0v) is 39.8. The lowest BCUT2D eigenvalue weighted by Crippen LogP contribution is -2.15. The molecule has 4 heteroatoms. The van der Waals surface area contributed by atoms with Crippen LogP contribution < -0.4 is 9.80 Å². The molecule has 0 bridgehead atoms. The van der Waals surface area contributed by atoms with E-state index < -0.39 is 0 Å². The Labute approximate surface area is 409 Å². The molecular formula is C65H44N2S2. The third-order valence-electron chi connectivity index (χ3n) is 14.6. The van der Waals surface area contributed by atoms with Crippen molar-refractivity contribution in [2.45, 2.75) is 19.3 Å². The Bertz CT molecular complexity index is 4080. The normalized spacial score (nSPS) is 12.9. The van der Waals surface area contributed by atoms with E-state index >= 15 is 0 Å². The summed E-state index contributed by atoms with van der Waals surface area (Å²) in [7, 11) is 0. The SMILES string of the molecule is CC1(C)c2cc(-c3cc(N(c4ccccc4)c4ccc5ccccc5c4)cc(N(c4ccc5sc6ccccc6c5c4)c4ccc5sc6ccccc6c5c4)c3)ccc2-c2c1ccc1ccccc21. The molecule has 69 heavy (non-hydrogen) atoms. The molecule has 0 fully saturated rings. The molecule has 13 aromatic rings. The highest BCUT2D eigenvalue weighted by molar-refractivity contribution is 7.26. The molecule has 1 aliphatic rings. The fourth-order valence-electron chi connectivity index (χ4n) is 11.2. The summed E-state index contributed by atoms with van der Waals surface area (Å²) in [4.78, 5) is 4.93. The lowest BCUT2D eigenvalue weighted by molar-refractivity contribution is 0.661. The van der Waals surface area contributed by atoms with Gasteiger partial charge in [-0.25, -0.2) is 0 Å². The van der Waals surface area contributed by atoms with Gasteiger partial charge in [0.2, 0.25) is 0 Å². The molecule has 326 valence electrons. The first-order chi connectivity index (χ1) is 33.9. The van der Waals surface area contributed by atoms with Gasteiger partial charge >= 0.3 is 0 Å². The first-order valence-corrected chi connectivity index (χ1v) is 25.4. The second-order valence-corrected chi connectivity index (χ2v) is 21.1. The number of rotatable bonds is 7. The van der Waals surface area contributed by atoms with Crippen molar-refractivity contribution >= 4 is 119 Å². The van der Waals surface area contributed by atoms with Crippen molar-refractivity contribution in [2.75, 3.05) is 9.80 Å². The Morgan fingerprint density at radius 1 is 0.304 bits per heavy atom. The van der Waals surface area contributed by atoms with Crippen LogP contribution in [0.25, 0.3) is 84.1 Å². The highest BCUT2D eigenvalue weighted by atomic mass is 32.1. The average molecular weight is 917 g/mol. The Balaban J connectivity index is 1.04. The highest BCUT2D eigenvalue weighted by Gasteiger charge is 2.37. The summed E-state index contributed by atoms with van der Waals surface area (Å²) in [5.74, 6) is 0. The van der Waals surface area contributed by atoms with Crippen LogP contribution in [0.2, 0.25) is 0 Å². The van der Waals surface area contributed by atoms with Gasteiger partial charge in [0.25, 0.3) is 0 Å². The van der Waals surface area contributed by atoms with Gasteiger partial charge in [-0.05, 0) is 152 Å². The summed E-state index contributed by atoms with van der Waals surface area (Å²) >= 11 is 3.72. The van der Waals surface area contributed by atoms with E-state index in [0.29, 0.717) is 0 Å². The number of fused-ring (bicyclic) bond motifs is 12. The molecule has 0 spiro atoms. The van der Waals surface area contributed by atoms with Crippen molar-refractivity contribution in [2.24, 2.45) is 0 Å². The summed E-state index contributed by atoms with van der Waals surface area (Å²) in [6.45, 7) is 4.79. The summed E-state index contributed by atoms with van der Waals surface area (Å²) in [5, 5.41) is 10.1. The van der Waals surface area contributed by atoms with Crippen LogP contribution in [0, 0.1) is 0 Å². The monoisotopic (exact) mass is 916 g/mol. The molecule has 2 nitrogen and oxygen atoms in total. The first kappa shape index (κ1) is 40.1. The van der Waals surface area contributed by atoms with Gasteiger partial charge in [0.05, 0.1) is 0 Å². The van der Waals surface area contributed by atoms with Crippen molar-refractivity contribution in [1.29, 1.82) is 0 Å². The van der Waals surface area contributed by atoms with Crippen LogP contribution in [0.15, 0.2) is 231 Å².